The normalized spacial score (nSPS) is 25.2. The molecule has 1 aliphatic carbocycles. The van der Waals surface area contributed by atoms with E-state index in [9.17, 15) is 5.11 Å². The van der Waals surface area contributed by atoms with Gasteiger partial charge in [-0.25, -0.2) is 0 Å². The summed E-state index contributed by atoms with van der Waals surface area (Å²) in [5.41, 5.74) is 0. The zero-order chi connectivity index (χ0) is 14.7. The average Bonchev–Trinajstić information content (AvgIpc) is 2.75. The number of hydrogen-bond donors (Lipinski definition) is 2. The van der Waals surface area contributed by atoms with E-state index in [1.54, 1.807) is 13.1 Å². The molecule has 3 unspecified atom stereocenters. The van der Waals surface area contributed by atoms with Crippen molar-refractivity contribution in [3.8, 4) is 0 Å². The van der Waals surface area contributed by atoms with E-state index in [2.05, 4.69) is 13.5 Å². The second-order valence-corrected chi connectivity index (χ2v) is 4.04. The number of aliphatic hydroxyl groups excluding tert-OH is 1. The van der Waals surface area contributed by atoms with Gasteiger partial charge in [-0.05, 0) is 31.9 Å². The standard InChI is InChI=1S/C11H20N2O.2C2H6/c1-4-9-6-10(7-11(9)14)13(5-2)8(3)12;2*1-2/h5,9-12,14H,2,4,6-7H2,1,3H3;2*1-2H3. The van der Waals surface area contributed by atoms with Crippen molar-refractivity contribution >= 4 is 5.84 Å². The second-order valence-electron chi connectivity index (χ2n) is 4.04. The largest absolute Gasteiger partial charge is 0.393 e. The summed E-state index contributed by atoms with van der Waals surface area (Å²) >= 11 is 0. The van der Waals surface area contributed by atoms with Crippen LogP contribution in [-0.2, 0) is 0 Å². The van der Waals surface area contributed by atoms with Crippen molar-refractivity contribution in [2.24, 2.45) is 5.92 Å². The molecule has 0 heterocycles. The van der Waals surface area contributed by atoms with Gasteiger partial charge in [-0.3, -0.25) is 5.41 Å². The SMILES string of the molecule is C=CN(C(C)=N)C1CC(O)C(CC)C1.CC.CC. The Morgan fingerprint density at radius 3 is 2.11 bits per heavy atom. The lowest BCUT2D eigenvalue weighted by molar-refractivity contribution is 0.129. The molecule has 0 bridgehead atoms. The Bertz CT molecular complexity index is 229. The van der Waals surface area contributed by atoms with Crippen LogP contribution in [0.25, 0.3) is 0 Å². The van der Waals surface area contributed by atoms with Crippen molar-refractivity contribution in [2.75, 3.05) is 0 Å². The molecular weight excluding hydrogens is 224 g/mol. The molecule has 18 heavy (non-hydrogen) atoms. The Hall–Kier alpha value is -0.830. The van der Waals surface area contributed by atoms with Gasteiger partial charge in [0.05, 0.1) is 11.9 Å². The minimum absolute atomic E-state index is 0.202. The first kappa shape index (κ1) is 19.5. The highest BCUT2D eigenvalue weighted by atomic mass is 16.3. The summed E-state index contributed by atoms with van der Waals surface area (Å²) in [7, 11) is 0. The van der Waals surface area contributed by atoms with Gasteiger partial charge < -0.3 is 10.0 Å². The average molecular weight is 256 g/mol. The Morgan fingerprint density at radius 2 is 1.83 bits per heavy atom. The molecule has 0 radical (unpaired) electrons. The van der Waals surface area contributed by atoms with Crippen LogP contribution in [0.15, 0.2) is 12.8 Å². The molecule has 1 saturated carbocycles. The molecule has 0 saturated heterocycles. The van der Waals surface area contributed by atoms with E-state index in [1.807, 2.05) is 32.6 Å². The lowest BCUT2D eigenvalue weighted by Crippen LogP contribution is -2.32. The van der Waals surface area contributed by atoms with Gasteiger partial charge in [0.15, 0.2) is 0 Å². The van der Waals surface area contributed by atoms with E-state index < -0.39 is 0 Å². The first-order valence-electron chi connectivity index (χ1n) is 7.24. The van der Waals surface area contributed by atoms with Crippen molar-refractivity contribution in [2.45, 2.75) is 73.0 Å². The molecule has 0 aromatic heterocycles. The van der Waals surface area contributed by atoms with Gasteiger partial charge in [0, 0.05) is 6.04 Å². The number of aliphatic hydroxyl groups is 1. The highest BCUT2D eigenvalue weighted by Crippen LogP contribution is 2.32. The molecule has 1 fully saturated rings. The maximum absolute atomic E-state index is 9.75. The number of hydrogen-bond acceptors (Lipinski definition) is 2. The molecule has 1 rings (SSSR count). The molecule has 0 amide bonds. The zero-order valence-corrected chi connectivity index (χ0v) is 13.0. The van der Waals surface area contributed by atoms with E-state index in [0.717, 1.165) is 19.3 Å². The fraction of sp³-hybridized carbons (Fsp3) is 0.800. The number of nitrogens with one attached hydrogen (secondary N) is 1. The molecule has 0 spiro atoms. The number of amidine groups is 1. The van der Waals surface area contributed by atoms with Gasteiger partial charge in [-0.2, -0.15) is 0 Å². The monoisotopic (exact) mass is 256 g/mol. The predicted octanol–water partition coefficient (Wildman–Crippen LogP) is 4.03. The summed E-state index contributed by atoms with van der Waals surface area (Å²) in [5, 5.41) is 17.3. The first-order chi connectivity index (χ1) is 8.60. The van der Waals surface area contributed by atoms with Crippen molar-refractivity contribution in [1.29, 1.82) is 5.41 Å². The molecule has 3 heteroatoms. The van der Waals surface area contributed by atoms with Crippen molar-refractivity contribution in [3.63, 3.8) is 0 Å². The summed E-state index contributed by atoms with van der Waals surface area (Å²) in [5.74, 6) is 0.899. The van der Waals surface area contributed by atoms with Crippen molar-refractivity contribution in [3.05, 3.63) is 12.8 Å². The minimum Gasteiger partial charge on any atom is -0.393 e. The quantitative estimate of drug-likeness (QED) is 0.591. The summed E-state index contributed by atoms with van der Waals surface area (Å²) in [6, 6.07) is 0.268. The molecular formula is C15H32N2O. The molecule has 0 aromatic carbocycles. The van der Waals surface area contributed by atoms with E-state index in [-0.39, 0.29) is 12.1 Å². The third-order valence-electron chi connectivity index (χ3n) is 3.13. The highest BCUT2D eigenvalue weighted by Gasteiger charge is 2.34. The summed E-state index contributed by atoms with van der Waals surface area (Å²) < 4.78 is 0. The maximum atomic E-state index is 9.75. The van der Waals surface area contributed by atoms with Crippen LogP contribution in [0, 0.1) is 11.3 Å². The van der Waals surface area contributed by atoms with Gasteiger partial charge >= 0.3 is 0 Å². The van der Waals surface area contributed by atoms with Crippen LogP contribution in [0.3, 0.4) is 0 Å². The number of nitrogens with zero attached hydrogens (tertiary/aromatic N) is 1. The van der Waals surface area contributed by atoms with E-state index in [1.165, 1.54) is 0 Å². The van der Waals surface area contributed by atoms with Crippen molar-refractivity contribution in [1.82, 2.24) is 4.90 Å². The van der Waals surface area contributed by atoms with Gasteiger partial charge in [-0.15, -0.1) is 0 Å². The first-order valence-corrected chi connectivity index (χ1v) is 7.24. The van der Waals surface area contributed by atoms with E-state index in [0.29, 0.717) is 11.8 Å². The lowest BCUT2D eigenvalue weighted by atomic mass is 10.0. The molecule has 108 valence electrons. The Kier molecular flexibility index (Phi) is 12.2. The van der Waals surface area contributed by atoms with Crippen LogP contribution in [0.5, 0.6) is 0 Å². The summed E-state index contributed by atoms with van der Waals surface area (Å²) in [6.07, 6.45) is 4.24. The minimum atomic E-state index is -0.202. The van der Waals surface area contributed by atoms with Crippen LogP contribution in [0.1, 0.15) is 60.8 Å². The van der Waals surface area contributed by atoms with Gasteiger partial charge in [0.1, 0.15) is 0 Å². The highest BCUT2D eigenvalue weighted by molar-refractivity contribution is 5.77. The maximum Gasteiger partial charge on any atom is 0.0968 e. The predicted molar refractivity (Wildman–Crippen MR) is 80.9 cm³/mol. The summed E-state index contributed by atoms with van der Waals surface area (Å²) in [6.45, 7) is 15.6. The van der Waals surface area contributed by atoms with Gasteiger partial charge in [-0.1, -0.05) is 47.6 Å². The van der Waals surface area contributed by atoms with Crippen LogP contribution in [0.4, 0.5) is 0 Å². The lowest BCUT2D eigenvalue weighted by Gasteiger charge is -2.25. The molecule has 3 atom stereocenters. The third-order valence-corrected chi connectivity index (χ3v) is 3.13. The Labute approximate surface area is 113 Å². The molecule has 0 aromatic rings. The molecule has 0 aliphatic heterocycles. The Balaban J connectivity index is 0. The zero-order valence-electron chi connectivity index (χ0n) is 13.0. The van der Waals surface area contributed by atoms with Gasteiger partial charge in [0.25, 0.3) is 0 Å². The fourth-order valence-electron chi connectivity index (χ4n) is 2.30. The Morgan fingerprint density at radius 1 is 1.33 bits per heavy atom. The van der Waals surface area contributed by atoms with E-state index in [4.69, 9.17) is 5.41 Å². The van der Waals surface area contributed by atoms with Crippen molar-refractivity contribution < 1.29 is 5.11 Å². The summed E-state index contributed by atoms with van der Waals surface area (Å²) in [4.78, 5) is 1.86. The molecule has 2 N–H and O–H groups in total. The fourth-order valence-corrected chi connectivity index (χ4v) is 2.30. The van der Waals surface area contributed by atoms with E-state index >= 15 is 0 Å². The smallest absolute Gasteiger partial charge is 0.0968 e. The van der Waals surface area contributed by atoms with Crippen LogP contribution >= 0.6 is 0 Å². The second kappa shape index (κ2) is 11.3. The number of rotatable bonds is 3. The molecule has 1 aliphatic rings. The van der Waals surface area contributed by atoms with Crippen LogP contribution < -0.4 is 0 Å². The topological polar surface area (TPSA) is 47.3 Å². The van der Waals surface area contributed by atoms with Crippen LogP contribution in [-0.4, -0.2) is 28.0 Å². The van der Waals surface area contributed by atoms with Crippen LogP contribution in [0.2, 0.25) is 0 Å². The third kappa shape index (κ3) is 5.67. The molecule has 3 nitrogen and oxygen atoms in total. The van der Waals surface area contributed by atoms with Gasteiger partial charge in [0.2, 0.25) is 0 Å².